The van der Waals surface area contributed by atoms with E-state index < -0.39 is 44.0 Å². The second kappa shape index (κ2) is 22.2. The van der Waals surface area contributed by atoms with E-state index in [1.165, 1.54) is 0 Å². The Kier molecular flexibility index (Phi) is 17.6. The second-order valence-electron chi connectivity index (χ2n) is 24.7. The van der Waals surface area contributed by atoms with Crippen LogP contribution in [0.4, 0.5) is 0 Å². The summed E-state index contributed by atoms with van der Waals surface area (Å²) in [4.78, 5) is 0. The Morgan fingerprint density at radius 2 is 0.229 bits per heavy atom. The molecule has 0 amide bonds. The van der Waals surface area contributed by atoms with Crippen molar-refractivity contribution in [3.63, 3.8) is 0 Å². The normalized spacial score (nSPS) is 59.7. The molecule has 0 saturated carbocycles. The number of rotatable bonds is 0. The molecule has 0 aromatic carbocycles. The lowest BCUT2D eigenvalue weighted by molar-refractivity contribution is -0.364. The lowest BCUT2D eigenvalue weighted by atomic mass is 9.81. The first-order valence-corrected chi connectivity index (χ1v) is 28.1. The van der Waals surface area contributed by atoms with Gasteiger partial charge in [-0.2, -0.15) is 0 Å². The summed E-state index contributed by atoms with van der Waals surface area (Å²) in [7, 11) is 0. The smallest absolute Gasteiger partial charge is 0.161 e. The average Bonchev–Trinajstić information content (AvgIpc) is 3.31. The number of ether oxygens (including phenoxy) is 14. The molecule has 21 aliphatic heterocycles. The van der Waals surface area contributed by atoms with E-state index in [4.69, 9.17) is 66.3 Å². The van der Waals surface area contributed by atoms with Crippen LogP contribution in [0.3, 0.4) is 0 Å². The lowest BCUT2D eigenvalue weighted by Gasteiger charge is -2.51. The van der Waals surface area contributed by atoms with Crippen molar-refractivity contribution in [2.75, 3.05) is 0 Å². The Morgan fingerprint density at radius 3 is 0.329 bits per heavy atom. The molecule has 21 fully saturated rings. The van der Waals surface area contributed by atoms with Crippen LogP contribution >= 0.6 is 0 Å². The third kappa shape index (κ3) is 10.6. The standard InChI is InChI=1S/C56H98O14/c1-22-29(8)50-57-36(15)43(22)64-51-30(9)23(2)45(38(17)58-51)66-53-32(11)25(4)47(40(19)60-53)68-55-34(13)27(6)49(42(21)62-55)70-56-35(14)28(7)48(41(20)63-56)69-54-33(12)26(5)46(39(18)61-54)67-52-31(10)24(3)44(65-50)37(16)59-52/h22-56H,1-21H3/t22-,23-,24-,25-,26-,27-,28-,29?,30?,31?,32?,33?,34?,35?,36?,37?,38?,39?,40?,41?,42?,43-,44+,45+,46+,47+,48+,49+,50-,51+,52+,53-,54-,55-,56-/m1/s1. The van der Waals surface area contributed by atoms with Crippen LogP contribution in [-0.4, -0.2) is 129 Å². The third-order valence-electron chi connectivity index (χ3n) is 20.2. The Hall–Kier alpha value is -0.560. The van der Waals surface area contributed by atoms with Gasteiger partial charge in [-0.1, -0.05) is 96.9 Å². The quantitative estimate of drug-likeness (QED) is 0.228. The largest absolute Gasteiger partial charge is 0.347 e. The molecule has 35 atom stereocenters. The van der Waals surface area contributed by atoms with Gasteiger partial charge in [-0.05, 0) is 89.9 Å². The zero-order valence-electron chi connectivity index (χ0n) is 46.9. The SMILES string of the molecule is CC1[C@@H]2OC(C)[C@@H](O[C@H]3OC(C)[C@@H](O[C@H]4OC(C)[C@@H](O[C@@H]5OC(C)[C@@H](O[C@H]6OC(C)[C@H](O[C@@H]7OC(C)[C@@H](O[C@H]8OC(C)[C@@H](O2)[C@H](C)C8C)[C@H](C)C7C)[C@H](C)C6C)[C@H](C)C5C)[C@H](C)C4C)[C@H](C)C3C)[C@@H]1C. The van der Waals surface area contributed by atoms with Gasteiger partial charge in [-0.3, -0.25) is 0 Å². The van der Waals surface area contributed by atoms with E-state index in [0.29, 0.717) is 0 Å². The first-order valence-electron chi connectivity index (χ1n) is 28.1. The average molecular weight is 995 g/mol. The van der Waals surface area contributed by atoms with E-state index in [-0.39, 0.29) is 168 Å². The predicted molar refractivity (Wildman–Crippen MR) is 263 cm³/mol. The maximum absolute atomic E-state index is 6.97. The minimum atomic E-state index is -0.419. The molecule has 0 spiro atoms. The molecule has 0 aromatic rings. The molecule has 0 radical (unpaired) electrons. The van der Waals surface area contributed by atoms with Crippen LogP contribution in [0.5, 0.6) is 0 Å². The Balaban J connectivity index is 1.02. The Morgan fingerprint density at radius 1 is 0.129 bits per heavy atom. The molecule has 14 nitrogen and oxygen atoms in total. The van der Waals surface area contributed by atoms with Gasteiger partial charge in [-0.15, -0.1) is 0 Å². The van der Waals surface area contributed by atoms with Crippen molar-refractivity contribution in [1.29, 1.82) is 0 Å². The van der Waals surface area contributed by atoms with Gasteiger partial charge in [0.25, 0.3) is 0 Å². The first-order chi connectivity index (χ1) is 32.9. The van der Waals surface area contributed by atoms with Crippen molar-refractivity contribution in [1.82, 2.24) is 0 Å². The summed E-state index contributed by atoms with van der Waals surface area (Å²) in [6.45, 7) is 46.0. The minimum absolute atomic E-state index is 0.0576. The van der Waals surface area contributed by atoms with Crippen molar-refractivity contribution in [3.8, 4) is 0 Å². The highest BCUT2D eigenvalue weighted by Gasteiger charge is 2.54. The molecule has 14 bridgehead atoms. The van der Waals surface area contributed by atoms with Crippen molar-refractivity contribution in [3.05, 3.63) is 0 Å². The maximum atomic E-state index is 6.97. The van der Waals surface area contributed by atoms with Crippen LogP contribution in [0.25, 0.3) is 0 Å². The molecule has 21 heterocycles. The molecule has 0 N–H and O–H groups in total. The van der Waals surface area contributed by atoms with E-state index in [9.17, 15) is 0 Å². The van der Waals surface area contributed by atoms with Crippen molar-refractivity contribution in [2.45, 2.75) is 275 Å². The van der Waals surface area contributed by atoms with E-state index >= 15 is 0 Å². The molecule has 0 aromatic heterocycles. The summed E-state index contributed by atoms with van der Waals surface area (Å²) in [5, 5.41) is 0. The van der Waals surface area contributed by atoms with Crippen molar-refractivity contribution in [2.24, 2.45) is 82.9 Å². The molecule has 21 saturated heterocycles. The molecule has 406 valence electrons. The predicted octanol–water partition coefficient (Wildman–Crippen LogP) is 9.82. The number of hydrogen-bond donors (Lipinski definition) is 0. The summed E-state index contributed by atoms with van der Waals surface area (Å²) in [5.41, 5.74) is 0. The van der Waals surface area contributed by atoms with Crippen LogP contribution < -0.4 is 0 Å². The molecule has 14 heteroatoms. The summed E-state index contributed by atoms with van der Waals surface area (Å²) < 4.78 is 96.1. The fourth-order valence-corrected chi connectivity index (χ4v) is 13.5. The highest BCUT2D eigenvalue weighted by atomic mass is 16.8. The highest BCUT2D eigenvalue weighted by molar-refractivity contribution is 4.96. The molecular formula is C56H98O14. The highest BCUT2D eigenvalue weighted by Crippen LogP contribution is 2.46. The van der Waals surface area contributed by atoms with E-state index in [1.54, 1.807) is 0 Å². The van der Waals surface area contributed by atoms with Crippen LogP contribution in [0.2, 0.25) is 0 Å². The zero-order chi connectivity index (χ0) is 51.1. The topological polar surface area (TPSA) is 129 Å². The van der Waals surface area contributed by atoms with Gasteiger partial charge >= 0.3 is 0 Å². The summed E-state index contributed by atoms with van der Waals surface area (Å²) >= 11 is 0. The van der Waals surface area contributed by atoms with E-state index in [1.807, 2.05) is 0 Å². The second-order valence-corrected chi connectivity index (χ2v) is 24.7. The van der Waals surface area contributed by atoms with Gasteiger partial charge in [0.2, 0.25) is 0 Å². The maximum Gasteiger partial charge on any atom is 0.161 e. The summed E-state index contributed by atoms with van der Waals surface area (Å²) in [5.74, 6) is 1.37. The first kappa shape index (κ1) is 55.7. The van der Waals surface area contributed by atoms with Crippen LogP contribution in [0, 0.1) is 82.9 Å². The fraction of sp³-hybridized carbons (Fsp3) is 1.00. The van der Waals surface area contributed by atoms with Crippen molar-refractivity contribution >= 4 is 0 Å². The summed E-state index contributed by atoms with van der Waals surface area (Å²) in [6, 6.07) is 0. The zero-order valence-corrected chi connectivity index (χ0v) is 46.9. The van der Waals surface area contributed by atoms with Crippen LogP contribution in [-0.2, 0) is 66.3 Å². The van der Waals surface area contributed by atoms with Crippen LogP contribution in [0.15, 0.2) is 0 Å². The van der Waals surface area contributed by atoms with Gasteiger partial charge in [-0.25, -0.2) is 0 Å². The molecule has 70 heavy (non-hydrogen) atoms. The van der Waals surface area contributed by atoms with Crippen molar-refractivity contribution < 1.29 is 66.3 Å². The van der Waals surface area contributed by atoms with Gasteiger partial charge < -0.3 is 66.3 Å². The molecule has 21 aliphatic rings. The molecule has 0 aliphatic carbocycles. The fourth-order valence-electron chi connectivity index (χ4n) is 13.5. The van der Waals surface area contributed by atoms with Gasteiger partial charge in [0.1, 0.15) is 0 Å². The van der Waals surface area contributed by atoms with E-state index in [2.05, 4.69) is 145 Å². The Bertz CT molecular complexity index is 1360. The van der Waals surface area contributed by atoms with E-state index in [0.717, 1.165) is 0 Å². The monoisotopic (exact) mass is 995 g/mol. The lowest BCUT2D eigenvalue weighted by Crippen LogP contribution is -2.59. The molecular weight excluding hydrogens is 897 g/mol. The third-order valence-corrected chi connectivity index (χ3v) is 20.2. The van der Waals surface area contributed by atoms with Gasteiger partial charge in [0.05, 0.1) is 85.5 Å². The number of hydrogen-bond acceptors (Lipinski definition) is 14. The van der Waals surface area contributed by atoms with Gasteiger partial charge in [0, 0.05) is 41.4 Å². The Labute approximate surface area is 422 Å². The van der Waals surface area contributed by atoms with Crippen LogP contribution in [0.1, 0.15) is 145 Å². The molecule has 14 unspecified atom stereocenters. The minimum Gasteiger partial charge on any atom is -0.347 e. The summed E-state index contributed by atoms with van der Waals surface area (Å²) in [6.07, 6.45) is -5.78. The molecule has 21 rings (SSSR count). The van der Waals surface area contributed by atoms with Gasteiger partial charge in [0.15, 0.2) is 44.0 Å².